The number of rotatable bonds is 8. The Kier molecular flexibility index (Phi) is 4.54. The molecule has 0 amide bonds. The fraction of sp³-hybridized carbons (Fsp3) is 1.00. The summed E-state index contributed by atoms with van der Waals surface area (Å²) in [7, 11) is 0. The van der Waals surface area contributed by atoms with Gasteiger partial charge in [-0.2, -0.15) is 0 Å². The van der Waals surface area contributed by atoms with E-state index in [1.807, 2.05) is 0 Å². The van der Waals surface area contributed by atoms with Crippen molar-refractivity contribution < 1.29 is 0 Å². The third-order valence-corrected chi connectivity index (χ3v) is 5.23. The minimum absolute atomic E-state index is 1.00. The van der Waals surface area contributed by atoms with Crippen molar-refractivity contribution in [3.05, 3.63) is 0 Å². The van der Waals surface area contributed by atoms with Gasteiger partial charge in [-0.3, -0.25) is 0 Å². The Morgan fingerprint density at radius 2 is 1.60 bits per heavy atom. The molecule has 2 aliphatic rings. The molecule has 0 aliphatic heterocycles. The first kappa shape index (κ1) is 12.0. The molecule has 0 radical (unpaired) electrons. The predicted molar refractivity (Wildman–Crippen MR) is 70.4 cm³/mol. The monoisotopic (exact) mass is 272 g/mol. The minimum atomic E-state index is 1.00. The van der Waals surface area contributed by atoms with E-state index in [1.165, 1.54) is 56.7 Å². The first-order valence-electron chi connectivity index (χ1n) is 6.87. The van der Waals surface area contributed by atoms with E-state index in [0.717, 1.165) is 23.7 Å². The van der Waals surface area contributed by atoms with Gasteiger partial charge in [0.25, 0.3) is 0 Å². The lowest BCUT2D eigenvalue weighted by Gasteiger charge is -2.14. The summed E-state index contributed by atoms with van der Waals surface area (Å²) in [4.78, 5) is 0. The fourth-order valence-corrected chi connectivity index (χ4v) is 3.63. The van der Waals surface area contributed by atoms with Crippen LogP contribution >= 0.6 is 15.9 Å². The molecule has 1 heteroatoms. The number of hydrogen-bond acceptors (Lipinski definition) is 0. The number of unbranched alkanes of at least 4 members (excludes halogenated alkanes) is 1. The van der Waals surface area contributed by atoms with Gasteiger partial charge in [0.05, 0.1) is 0 Å². The summed E-state index contributed by atoms with van der Waals surface area (Å²) in [6, 6.07) is 0. The molecule has 2 fully saturated rings. The summed E-state index contributed by atoms with van der Waals surface area (Å²) in [6.07, 6.45) is 12.0. The van der Waals surface area contributed by atoms with Gasteiger partial charge in [0.2, 0.25) is 0 Å². The lowest BCUT2D eigenvalue weighted by Crippen LogP contribution is -2.05. The van der Waals surface area contributed by atoms with Gasteiger partial charge in [-0.05, 0) is 55.8 Å². The molecule has 0 saturated heterocycles. The van der Waals surface area contributed by atoms with E-state index < -0.39 is 0 Å². The van der Waals surface area contributed by atoms with Crippen LogP contribution in [-0.4, -0.2) is 5.33 Å². The molecule has 88 valence electrons. The molecule has 2 unspecified atom stereocenters. The Morgan fingerprint density at radius 3 is 2.13 bits per heavy atom. The van der Waals surface area contributed by atoms with E-state index >= 15 is 0 Å². The normalized spacial score (nSPS) is 25.2. The highest BCUT2D eigenvalue weighted by atomic mass is 79.9. The molecule has 15 heavy (non-hydrogen) atoms. The zero-order chi connectivity index (χ0) is 10.7. The smallest absolute Gasteiger partial charge is 0.00623 e. The van der Waals surface area contributed by atoms with Crippen molar-refractivity contribution in [2.24, 2.45) is 23.7 Å². The zero-order valence-corrected chi connectivity index (χ0v) is 11.6. The molecule has 0 aromatic carbocycles. The average Bonchev–Trinajstić information content (AvgIpc) is 3.06. The maximum atomic E-state index is 3.67. The van der Waals surface area contributed by atoms with E-state index in [-0.39, 0.29) is 0 Å². The zero-order valence-electron chi connectivity index (χ0n) is 10.1. The molecule has 2 saturated carbocycles. The van der Waals surface area contributed by atoms with Crippen molar-refractivity contribution in [2.45, 2.75) is 58.3 Å². The molecular formula is C14H25Br. The van der Waals surface area contributed by atoms with Gasteiger partial charge < -0.3 is 0 Å². The second kappa shape index (κ2) is 5.70. The van der Waals surface area contributed by atoms with E-state index in [0.29, 0.717) is 0 Å². The summed E-state index contributed by atoms with van der Waals surface area (Å²) < 4.78 is 0. The fourth-order valence-electron chi connectivity index (χ4n) is 2.78. The highest BCUT2D eigenvalue weighted by Gasteiger charge is 2.30. The average molecular weight is 273 g/mol. The van der Waals surface area contributed by atoms with Crippen LogP contribution in [0.5, 0.6) is 0 Å². The summed E-state index contributed by atoms with van der Waals surface area (Å²) >= 11 is 3.67. The predicted octanol–water partition coefficient (Wildman–Crippen LogP) is 5.01. The topological polar surface area (TPSA) is 0 Å². The van der Waals surface area contributed by atoms with Crippen LogP contribution in [-0.2, 0) is 0 Å². The third kappa shape index (κ3) is 4.09. The second-order valence-corrected chi connectivity index (χ2v) is 6.50. The molecule has 0 aromatic rings. The molecule has 0 bridgehead atoms. The SMILES string of the molecule is CC(CCCCC(CBr)C1CC1)C1CC1. The summed E-state index contributed by atoms with van der Waals surface area (Å²) in [5.41, 5.74) is 0. The molecule has 0 heterocycles. The molecule has 2 rings (SSSR count). The molecule has 2 aliphatic carbocycles. The Balaban J connectivity index is 1.49. The Labute approximate surface area is 103 Å². The summed E-state index contributed by atoms with van der Waals surface area (Å²) in [5, 5.41) is 1.25. The number of hydrogen-bond donors (Lipinski definition) is 0. The summed E-state index contributed by atoms with van der Waals surface area (Å²) in [6.45, 7) is 2.46. The van der Waals surface area contributed by atoms with Crippen LogP contribution in [0.25, 0.3) is 0 Å². The summed E-state index contributed by atoms with van der Waals surface area (Å²) in [5.74, 6) is 4.22. The van der Waals surface area contributed by atoms with Gasteiger partial charge in [0.1, 0.15) is 0 Å². The van der Waals surface area contributed by atoms with E-state index in [4.69, 9.17) is 0 Å². The molecule has 0 N–H and O–H groups in total. The van der Waals surface area contributed by atoms with Gasteiger partial charge in [-0.15, -0.1) is 0 Å². The first-order chi connectivity index (χ1) is 7.31. The quantitative estimate of drug-likeness (QED) is 0.430. The van der Waals surface area contributed by atoms with Crippen LogP contribution in [0.4, 0.5) is 0 Å². The lowest BCUT2D eigenvalue weighted by molar-refractivity contribution is 0.406. The van der Waals surface area contributed by atoms with Crippen LogP contribution < -0.4 is 0 Å². The molecule has 0 aromatic heterocycles. The van der Waals surface area contributed by atoms with Crippen LogP contribution in [0.1, 0.15) is 58.3 Å². The van der Waals surface area contributed by atoms with Gasteiger partial charge >= 0.3 is 0 Å². The first-order valence-corrected chi connectivity index (χ1v) is 7.99. The van der Waals surface area contributed by atoms with Crippen molar-refractivity contribution in [3.63, 3.8) is 0 Å². The van der Waals surface area contributed by atoms with Crippen molar-refractivity contribution in [3.8, 4) is 0 Å². The standard InChI is InChI=1S/C14H25Br/c1-11(12-6-7-12)4-2-3-5-14(10-15)13-8-9-13/h11-14H,2-10H2,1H3. The van der Waals surface area contributed by atoms with Crippen molar-refractivity contribution >= 4 is 15.9 Å². The lowest BCUT2D eigenvalue weighted by atomic mass is 9.94. The maximum Gasteiger partial charge on any atom is 0.00623 e. The van der Waals surface area contributed by atoms with Crippen LogP contribution in [0, 0.1) is 23.7 Å². The van der Waals surface area contributed by atoms with Gasteiger partial charge in [-0.1, -0.05) is 42.1 Å². The molecular weight excluding hydrogens is 248 g/mol. The highest BCUT2D eigenvalue weighted by Crippen LogP contribution is 2.41. The maximum absolute atomic E-state index is 3.67. The van der Waals surface area contributed by atoms with Crippen LogP contribution in [0.15, 0.2) is 0 Å². The van der Waals surface area contributed by atoms with Gasteiger partial charge in [0, 0.05) is 5.33 Å². The minimum Gasteiger partial charge on any atom is -0.0925 e. The molecule has 0 nitrogen and oxygen atoms in total. The number of alkyl halides is 1. The van der Waals surface area contributed by atoms with Gasteiger partial charge in [-0.25, -0.2) is 0 Å². The molecule has 0 spiro atoms. The van der Waals surface area contributed by atoms with Crippen LogP contribution in [0.3, 0.4) is 0 Å². The van der Waals surface area contributed by atoms with E-state index in [9.17, 15) is 0 Å². The van der Waals surface area contributed by atoms with Crippen molar-refractivity contribution in [2.75, 3.05) is 5.33 Å². The number of halogens is 1. The third-order valence-electron chi connectivity index (χ3n) is 4.40. The van der Waals surface area contributed by atoms with E-state index in [1.54, 1.807) is 0 Å². The molecule has 2 atom stereocenters. The van der Waals surface area contributed by atoms with Gasteiger partial charge in [0.15, 0.2) is 0 Å². The van der Waals surface area contributed by atoms with E-state index in [2.05, 4.69) is 22.9 Å². The largest absolute Gasteiger partial charge is 0.0925 e. The van der Waals surface area contributed by atoms with Crippen LogP contribution in [0.2, 0.25) is 0 Å². The Morgan fingerprint density at radius 1 is 1.00 bits per heavy atom. The Hall–Kier alpha value is 0.480. The second-order valence-electron chi connectivity index (χ2n) is 5.85. The van der Waals surface area contributed by atoms with Crippen molar-refractivity contribution in [1.82, 2.24) is 0 Å². The highest BCUT2D eigenvalue weighted by molar-refractivity contribution is 9.09. The Bertz CT molecular complexity index is 182. The van der Waals surface area contributed by atoms with Crippen molar-refractivity contribution in [1.29, 1.82) is 0 Å².